The van der Waals surface area contributed by atoms with E-state index in [2.05, 4.69) is 10.1 Å². The zero-order chi connectivity index (χ0) is 22.0. The molecule has 0 aliphatic carbocycles. The first-order chi connectivity index (χ1) is 15.0. The van der Waals surface area contributed by atoms with Crippen molar-refractivity contribution in [3.8, 4) is 11.1 Å². The van der Waals surface area contributed by atoms with Gasteiger partial charge in [0.15, 0.2) is 11.9 Å². The van der Waals surface area contributed by atoms with Crippen LogP contribution in [0.3, 0.4) is 0 Å². The third-order valence-electron chi connectivity index (χ3n) is 5.63. The van der Waals surface area contributed by atoms with Gasteiger partial charge in [-0.25, -0.2) is 4.98 Å². The molecule has 0 aliphatic heterocycles. The molecular weight excluding hydrogens is 394 g/mol. The van der Waals surface area contributed by atoms with E-state index >= 15 is 0 Å². The number of nitrogens with zero attached hydrogens (tertiary/aromatic N) is 4. The number of carbonyl (C=O) groups excluding carboxylic acids is 1. The average molecular weight is 417 g/mol. The van der Waals surface area contributed by atoms with Gasteiger partial charge in [-0.15, -0.1) is 0 Å². The molecule has 0 saturated heterocycles. The highest BCUT2D eigenvalue weighted by molar-refractivity contribution is 5.89. The van der Waals surface area contributed by atoms with Gasteiger partial charge in [0, 0.05) is 22.7 Å². The summed E-state index contributed by atoms with van der Waals surface area (Å²) in [4.78, 5) is 32.2. The van der Waals surface area contributed by atoms with E-state index in [1.807, 2.05) is 37.3 Å². The minimum absolute atomic E-state index is 0.222. The van der Waals surface area contributed by atoms with Crippen molar-refractivity contribution in [2.24, 2.45) is 5.92 Å². The molecule has 0 aliphatic rings. The molecule has 0 fully saturated rings. The van der Waals surface area contributed by atoms with Crippen LogP contribution in [0.5, 0.6) is 0 Å². The van der Waals surface area contributed by atoms with E-state index in [9.17, 15) is 14.7 Å². The Balaban J connectivity index is 1.73. The highest BCUT2D eigenvalue weighted by Gasteiger charge is 2.19. The number of anilines is 1. The van der Waals surface area contributed by atoms with Crippen molar-refractivity contribution < 1.29 is 14.7 Å². The number of fused-ring (bicyclic) bond motifs is 2. The summed E-state index contributed by atoms with van der Waals surface area (Å²) < 4.78 is 1.46. The lowest BCUT2D eigenvalue weighted by atomic mass is 9.98. The second-order valence-corrected chi connectivity index (χ2v) is 7.52. The molecule has 4 rings (SSSR count). The number of carboxylic acid groups (broad SMARTS) is 1. The molecule has 3 N–H and O–H groups in total. The molecule has 8 heteroatoms. The van der Waals surface area contributed by atoms with Crippen molar-refractivity contribution in [2.75, 3.05) is 5.73 Å². The first-order valence-corrected chi connectivity index (χ1v) is 10.2. The summed E-state index contributed by atoms with van der Waals surface area (Å²) in [6.07, 6.45) is 6.24. The minimum Gasteiger partial charge on any atom is -0.481 e. The Morgan fingerprint density at radius 3 is 2.84 bits per heavy atom. The third-order valence-corrected chi connectivity index (χ3v) is 5.63. The van der Waals surface area contributed by atoms with Crippen molar-refractivity contribution in [1.82, 2.24) is 19.6 Å². The number of aryl methyl sites for hydroxylation is 1. The van der Waals surface area contributed by atoms with Crippen molar-refractivity contribution in [3.05, 3.63) is 54.0 Å². The van der Waals surface area contributed by atoms with Crippen molar-refractivity contribution in [2.45, 2.75) is 32.6 Å². The van der Waals surface area contributed by atoms with Crippen molar-refractivity contribution >= 4 is 34.6 Å². The molecule has 4 aromatic rings. The van der Waals surface area contributed by atoms with Gasteiger partial charge in [-0.05, 0) is 37.8 Å². The van der Waals surface area contributed by atoms with Crippen LogP contribution in [-0.2, 0) is 11.2 Å². The molecule has 158 valence electrons. The third kappa shape index (κ3) is 3.84. The molecule has 0 bridgehead atoms. The second-order valence-electron chi connectivity index (χ2n) is 7.52. The van der Waals surface area contributed by atoms with Gasteiger partial charge in [0.1, 0.15) is 5.82 Å². The Morgan fingerprint density at radius 1 is 1.29 bits per heavy atom. The number of nitrogen functional groups attached to an aromatic ring is 1. The molecule has 1 unspecified atom stereocenters. The predicted octanol–water partition coefficient (Wildman–Crippen LogP) is 3.77. The van der Waals surface area contributed by atoms with Crippen LogP contribution >= 0.6 is 0 Å². The first kappa shape index (κ1) is 20.5. The molecule has 1 aromatic carbocycles. The summed E-state index contributed by atoms with van der Waals surface area (Å²) >= 11 is 0. The van der Waals surface area contributed by atoms with Gasteiger partial charge in [0.25, 0.3) is 0 Å². The molecule has 31 heavy (non-hydrogen) atoms. The van der Waals surface area contributed by atoms with Crippen molar-refractivity contribution in [3.63, 3.8) is 0 Å². The summed E-state index contributed by atoms with van der Waals surface area (Å²) in [6, 6.07) is 9.84. The molecular formula is C23H23N5O3. The number of aliphatic carboxylic acids is 1. The van der Waals surface area contributed by atoms with E-state index in [1.54, 1.807) is 12.4 Å². The van der Waals surface area contributed by atoms with Gasteiger partial charge in [0.05, 0.1) is 28.9 Å². The van der Waals surface area contributed by atoms with Gasteiger partial charge in [-0.2, -0.15) is 9.61 Å². The van der Waals surface area contributed by atoms with Crippen LogP contribution in [0.15, 0.2) is 42.7 Å². The number of pyridine rings is 1. The van der Waals surface area contributed by atoms with Crippen LogP contribution < -0.4 is 5.73 Å². The maximum atomic E-state index is 11.7. The summed E-state index contributed by atoms with van der Waals surface area (Å²) in [5.41, 5.74) is 10.1. The largest absolute Gasteiger partial charge is 0.481 e. The number of carbonyl (C=O) groups is 2. The number of para-hydroxylation sites is 1. The quantitative estimate of drug-likeness (QED) is 0.418. The lowest BCUT2D eigenvalue weighted by Gasteiger charge is -2.12. The fourth-order valence-corrected chi connectivity index (χ4v) is 3.83. The molecule has 0 radical (unpaired) electrons. The molecule has 3 aromatic heterocycles. The number of carboxylic acids is 1. The van der Waals surface area contributed by atoms with Crippen LogP contribution in [0.2, 0.25) is 0 Å². The SMILES string of the molecule is CCC(CCCc1nc2c(-c3cnc4ccccc4c3)cnn2c(N)c1C=O)C(=O)O. The number of nitrogens with two attached hydrogens (primary N) is 1. The van der Waals surface area contributed by atoms with E-state index in [0.717, 1.165) is 22.0 Å². The summed E-state index contributed by atoms with van der Waals surface area (Å²) in [6.45, 7) is 1.86. The highest BCUT2D eigenvalue weighted by Crippen LogP contribution is 2.29. The minimum atomic E-state index is -0.803. The standard InChI is InChI=1S/C23H23N5O3/c1-2-14(23(30)31)7-5-9-20-18(13-29)21(24)28-22(27-20)17(12-26-28)16-10-15-6-3-4-8-19(15)25-11-16/h3-4,6,8,10-14H,2,5,7,9,24H2,1H3,(H,30,31). The summed E-state index contributed by atoms with van der Waals surface area (Å²) in [7, 11) is 0. The topological polar surface area (TPSA) is 123 Å². The number of hydrogen-bond acceptors (Lipinski definition) is 6. The van der Waals surface area contributed by atoms with Crippen LogP contribution in [0.4, 0.5) is 5.82 Å². The van der Waals surface area contributed by atoms with Crippen molar-refractivity contribution in [1.29, 1.82) is 0 Å². The predicted molar refractivity (Wildman–Crippen MR) is 118 cm³/mol. The Bertz CT molecular complexity index is 1280. The number of aldehydes is 1. The smallest absolute Gasteiger partial charge is 0.306 e. The van der Waals surface area contributed by atoms with Crippen LogP contribution in [0.1, 0.15) is 42.2 Å². The average Bonchev–Trinajstić information content (AvgIpc) is 3.20. The fraction of sp³-hybridized carbons (Fsp3) is 0.261. The van der Waals surface area contributed by atoms with E-state index in [1.165, 1.54) is 4.52 Å². The van der Waals surface area contributed by atoms with Gasteiger partial charge in [-0.3, -0.25) is 14.6 Å². The molecule has 1 atom stereocenters. The second kappa shape index (κ2) is 8.51. The van der Waals surface area contributed by atoms with Gasteiger partial charge in [-0.1, -0.05) is 25.1 Å². The zero-order valence-electron chi connectivity index (χ0n) is 17.2. The Hall–Kier alpha value is -3.81. The van der Waals surface area contributed by atoms with Gasteiger partial charge < -0.3 is 10.8 Å². The number of hydrogen-bond donors (Lipinski definition) is 2. The van der Waals surface area contributed by atoms with E-state index < -0.39 is 11.9 Å². The van der Waals surface area contributed by atoms with Crippen LogP contribution in [0, 0.1) is 5.92 Å². The zero-order valence-corrected chi connectivity index (χ0v) is 17.2. The lowest BCUT2D eigenvalue weighted by molar-refractivity contribution is -0.142. The Kier molecular flexibility index (Phi) is 5.62. The fourth-order valence-electron chi connectivity index (χ4n) is 3.83. The summed E-state index contributed by atoms with van der Waals surface area (Å²) in [5.74, 6) is -0.988. The van der Waals surface area contributed by atoms with Gasteiger partial charge >= 0.3 is 5.97 Å². The maximum Gasteiger partial charge on any atom is 0.306 e. The highest BCUT2D eigenvalue weighted by atomic mass is 16.4. The molecule has 0 saturated carbocycles. The number of aromatic nitrogens is 4. The molecule has 3 heterocycles. The first-order valence-electron chi connectivity index (χ1n) is 10.2. The molecule has 0 amide bonds. The molecule has 8 nitrogen and oxygen atoms in total. The van der Waals surface area contributed by atoms with E-state index in [-0.39, 0.29) is 5.82 Å². The maximum absolute atomic E-state index is 11.7. The Morgan fingerprint density at radius 2 is 2.10 bits per heavy atom. The number of benzene rings is 1. The van der Waals surface area contributed by atoms with Gasteiger partial charge in [0.2, 0.25) is 0 Å². The van der Waals surface area contributed by atoms with Crippen LogP contribution in [0.25, 0.3) is 27.7 Å². The number of rotatable bonds is 8. The summed E-state index contributed by atoms with van der Waals surface area (Å²) in [5, 5.41) is 14.6. The normalized spacial score (nSPS) is 12.3. The lowest BCUT2D eigenvalue weighted by Crippen LogP contribution is -2.14. The molecule has 0 spiro atoms. The Labute approximate surface area is 178 Å². The van der Waals surface area contributed by atoms with E-state index in [0.29, 0.717) is 48.9 Å². The monoisotopic (exact) mass is 417 g/mol. The van der Waals surface area contributed by atoms with E-state index in [4.69, 9.17) is 10.7 Å². The van der Waals surface area contributed by atoms with Crippen LogP contribution in [-0.4, -0.2) is 36.9 Å².